The largest absolute Gasteiger partial charge is 0.318 e. The van der Waals surface area contributed by atoms with Gasteiger partial charge in [0, 0.05) is 15.8 Å². The van der Waals surface area contributed by atoms with Gasteiger partial charge in [-0.1, -0.05) is 28.1 Å². The van der Waals surface area contributed by atoms with E-state index in [1.165, 1.54) is 0 Å². The van der Waals surface area contributed by atoms with Crippen molar-refractivity contribution < 1.29 is 9.59 Å². The van der Waals surface area contributed by atoms with E-state index in [1.54, 1.807) is 24.3 Å². The van der Waals surface area contributed by atoms with Crippen molar-refractivity contribution >= 4 is 39.1 Å². The van der Waals surface area contributed by atoms with Gasteiger partial charge in [0.2, 0.25) is 0 Å². The fourth-order valence-electron chi connectivity index (χ4n) is 1.86. The van der Waals surface area contributed by atoms with E-state index < -0.39 is 11.8 Å². The predicted octanol–water partition coefficient (Wildman–Crippen LogP) is 3.64. The Morgan fingerprint density at radius 1 is 0.952 bits per heavy atom. The van der Waals surface area contributed by atoms with Crippen molar-refractivity contribution in [1.82, 2.24) is 0 Å². The molecule has 0 heterocycles. The topological polar surface area (TPSA) is 58.2 Å². The molecule has 21 heavy (non-hydrogen) atoms. The minimum Gasteiger partial charge on any atom is -0.318 e. The van der Waals surface area contributed by atoms with Crippen LogP contribution in [0.5, 0.6) is 0 Å². The third kappa shape index (κ3) is 4.16. The van der Waals surface area contributed by atoms with Gasteiger partial charge >= 0.3 is 11.8 Å². The molecular weight excluding hydrogens is 332 g/mol. The van der Waals surface area contributed by atoms with E-state index in [-0.39, 0.29) is 0 Å². The number of anilines is 2. The van der Waals surface area contributed by atoms with E-state index in [4.69, 9.17) is 0 Å². The van der Waals surface area contributed by atoms with Gasteiger partial charge in [0.15, 0.2) is 0 Å². The van der Waals surface area contributed by atoms with Gasteiger partial charge in [-0.2, -0.15) is 0 Å². The highest BCUT2D eigenvalue weighted by Crippen LogP contribution is 2.20. The zero-order valence-corrected chi connectivity index (χ0v) is 13.3. The summed E-state index contributed by atoms with van der Waals surface area (Å²) >= 11 is 3.35. The van der Waals surface area contributed by atoms with E-state index in [9.17, 15) is 9.59 Å². The average Bonchev–Trinajstić information content (AvgIpc) is 2.41. The normalized spacial score (nSPS) is 10.0. The standard InChI is InChI=1S/C16H15BrN2O2/c1-10-4-3-5-13(8-10)18-15(20)16(21)19-14-7-6-12(17)9-11(14)2/h3-9H,1-2H3,(H,18,20)(H,19,21). The second kappa shape index (κ2) is 6.54. The SMILES string of the molecule is Cc1cccc(NC(=O)C(=O)Nc2ccc(Br)cc2C)c1. The molecule has 2 amide bonds. The smallest absolute Gasteiger partial charge is 0.314 e. The Bertz CT molecular complexity index is 698. The van der Waals surface area contributed by atoms with Gasteiger partial charge in [0.25, 0.3) is 0 Å². The first kappa shape index (κ1) is 15.3. The van der Waals surface area contributed by atoms with Crippen LogP contribution in [0.4, 0.5) is 11.4 Å². The van der Waals surface area contributed by atoms with Crippen molar-refractivity contribution in [3.8, 4) is 0 Å². The minimum atomic E-state index is -0.693. The molecule has 108 valence electrons. The third-order valence-corrected chi connectivity index (χ3v) is 3.41. The summed E-state index contributed by atoms with van der Waals surface area (Å²) in [5.41, 5.74) is 3.10. The molecule has 0 saturated heterocycles. The van der Waals surface area contributed by atoms with Gasteiger partial charge in [-0.25, -0.2) is 0 Å². The van der Waals surface area contributed by atoms with E-state index in [1.807, 2.05) is 32.0 Å². The zero-order valence-electron chi connectivity index (χ0n) is 11.7. The highest BCUT2D eigenvalue weighted by Gasteiger charge is 2.15. The first-order valence-electron chi connectivity index (χ1n) is 6.41. The second-order valence-corrected chi connectivity index (χ2v) is 5.65. The Morgan fingerprint density at radius 3 is 2.33 bits per heavy atom. The van der Waals surface area contributed by atoms with Crippen molar-refractivity contribution in [2.45, 2.75) is 13.8 Å². The lowest BCUT2D eigenvalue weighted by molar-refractivity contribution is -0.133. The van der Waals surface area contributed by atoms with E-state index in [2.05, 4.69) is 26.6 Å². The summed E-state index contributed by atoms with van der Waals surface area (Å²) in [7, 11) is 0. The maximum absolute atomic E-state index is 11.9. The second-order valence-electron chi connectivity index (χ2n) is 4.74. The number of benzene rings is 2. The van der Waals surface area contributed by atoms with Crippen molar-refractivity contribution in [2.24, 2.45) is 0 Å². The molecule has 4 nitrogen and oxygen atoms in total. The van der Waals surface area contributed by atoms with Gasteiger partial charge in [-0.05, 0) is 55.3 Å². The van der Waals surface area contributed by atoms with Crippen LogP contribution >= 0.6 is 15.9 Å². The summed E-state index contributed by atoms with van der Waals surface area (Å²) in [5, 5.41) is 5.17. The maximum atomic E-state index is 11.9. The number of hydrogen-bond donors (Lipinski definition) is 2. The highest BCUT2D eigenvalue weighted by atomic mass is 79.9. The van der Waals surface area contributed by atoms with Crippen LogP contribution in [0.15, 0.2) is 46.9 Å². The Labute approximate surface area is 131 Å². The molecule has 0 fully saturated rings. The van der Waals surface area contributed by atoms with Crippen LogP contribution in [0.1, 0.15) is 11.1 Å². The fourth-order valence-corrected chi connectivity index (χ4v) is 2.33. The van der Waals surface area contributed by atoms with Gasteiger partial charge in [-0.15, -0.1) is 0 Å². The van der Waals surface area contributed by atoms with Crippen LogP contribution in [0.25, 0.3) is 0 Å². The van der Waals surface area contributed by atoms with Gasteiger partial charge < -0.3 is 10.6 Å². The van der Waals surface area contributed by atoms with Gasteiger partial charge in [0.1, 0.15) is 0 Å². The third-order valence-electron chi connectivity index (χ3n) is 2.92. The molecule has 5 heteroatoms. The Balaban J connectivity index is 2.04. The highest BCUT2D eigenvalue weighted by molar-refractivity contribution is 9.10. The Kier molecular flexibility index (Phi) is 4.75. The van der Waals surface area contributed by atoms with Crippen LogP contribution in [-0.2, 0) is 9.59 Å². The lowest BCUT2D eigenvalue weighted by Crippen LogP contribution is -2.29. The van der Waals surface area contributed by atoms with Crippen LogP contribution in [0.3, 0.4) is 0 Å². The summed E-state index contributed by atoms with van der Waals surface area (Å²) in [4.78, 5) is 23.8. The molecular formula is C16H15BrN2O2. The van der Waals surface area contributed by atoms with Crippen LogP contribution in [0, 0.1) is 13.8 Å². The number of carbonyl (C=O) groups excluding carboxylic acids is 2. The van der Waals surface area contributed by atoms with Crippen molar-refractivity contribution in [3.05, 3.63) is 58.1 Å². The first-order valence-corrected chi connectivity index (χ1v) is 7.20. The van der Waals surface area contributed by atoms with Crippen molar-refractivity contribution in [1.29, 1.82) is 0 Å². The molecule has 2 aromatic rings. The lowest BCUT2D eigenvalue weighted by atomic mass is 10.2. The molecule has 0 aliphatic rings. The molecule has 0 aliphatic heterocycles. The van der Waals surface area contributed by atoms with Crippen LogP contribution in [0.2, 0.25) is 0 Å². The monoisotopic (exact) mass is 346 g/mol. The quantitative estimate of drug-likeness (QED) is 0.815. The molecule has 0 spiro atoms. The average molecular weight is 347 g/mol. The van der Waals surface area contributed by atoms with Crippen molar-refractivity contribution in [2.75, 3.05) is 10.6 Å². The summed E-state index contributed by atoms with van der Waals surface area (Å²) in [6.45, 7) is 3.78. The molecule has 0 saturated carbocycles. The number of carbonyl (C=O) groups is 2. The molecule has 0 aromatic heterocycles. The van der Waals surface area contributed by atoms with Crippen LogP contribution < -0.4 is 10.6 Å². The summed E-state index contributed by atoms with van der Waals surface area (Å²) in [6.07, 6.45) is 0. The molecule has 2 aromatic carbocycles. The summed E-state index contributed by atoms with van der Waals surface area (Å²) in [5.74, 6) is -1.38. The molecule has 0 aliphatic carbocycles. The fraction of sp³-hybridized carbons (Fsp3) is 0.125. The summed E-state index contributed by atoms with van der Waals surface area (Å²) < 4.78 is 0.919. The van der Waals surface area contributed by atoms with Crippen molar-refractivity contribution in [3.63, 3.8) is 0 Å². The molecule has 2 rings (SSSR count). The zero-order chi connectivity index (χ0) is 15.4. The van der Waals surface area contributed by atoms with E-state index in [0.717, 1.165) is 15.6 Å². The minimum absolute atomic E-state index is 0.600. The number of nitrogens with one attached hydrogen (secondary N) is 2. The molecule has 0 atom stereocenters. The molecule has 0 bridgehead atoms. The Morgan fingerprint density at radius 2 is 1.67 bits per heavy atom. The first-order chi connectivity index (χ1) is 9.95. The molecule has 2 N–H and O–H groups in total. The predicted molar refractivity (Wildman–Crippen MR) is 87.3 cm³/mol. The van der Waals surface area contributed by atoms with Crippen LogP contribution in [-0.4, -0.2) is 11.8 Å². The number of hydrogen-bond acceptors (Lipinski definition) is 2. The Hall–Kier alpha value is -2.14. The molecule has 0 radical (unpaired) electrons. The number of aryl methyl sites for hydroxylation is 2. The number of halogens is 1. The van der Waals surface area contributed by atoms with Gasteiger partial charge in [0.05, 0.1) is 0 Å². The molecule has 0 unspecified atom stereocenters. The number of amides is 2. The number of rotatable bonds is 2. The lowest BCUT2D eigenvalue weighted by Gasteiger charge is -2.09. The summed E-state index contributed by atoms with van der Waals surface area (Å²) in [6, 6.07) is 12.7. The van der Waals surface area contributed by atoms with Gasteiger partial charge in [-0.3, -0.25) is 9.59 Å². The van der Waals surface area contributed by atoms with E-state index in [0.29, 0.717) is 11.4 Å². The van der Waals surface area contributed by atoms with E-state index >= 15 is 0 Å². The maximum Gasteiger partial charge on any atom is 0.314 e.